The molecule has 1 N–H and O–H groups in total. The number of nitrogens with one attached hydrogen (secondary N) is 1. The molecule has 0 radical (unpaired) electrons. The molecular weight excluding hydrogens is 270 g/mol. The molecule has 2 rings (SSSR count). The van der Waals surface area contributed by atoms with Crippen LogP contribution < -0.4 is 5.43 Å². The molecule has 0 saturated heterocycles. The summed E-state index contributed by atoms with van der Waals surface area (Å²) >= 11 is 3.31. The Kier molecular flexibility index (Phi) is 3.55. The van der Waals surface area contributed by atoms with Crippen LogP contribution >= 0.6 is 15.9 Å². The summed E-state index contributed by atoms with van der Waals surface area (Å²) in [5.41, 5.74) is 3.46. The van der Waals surface area contributed by atoms with E-state index in [2.05, 4.69) is 41.4 Å². The van der Waals surface area contributed by atoms with E-state index in [1.165, 1.54) is 0 Å². The number of anilines is 1. The van der Waals surface area contributed by atoms with Crippen molar-refractivity contribution in [2.75, 3.05) is 5.43 Å². The molecule has 16 heavy (non-hydrogen) atoms. The minimum atomic E-state index is 0.455. The fourth-order valence-electron chi connectivity index (χ4n) is 0.977. The maximum Gasteiger partial charge on any atom is 0.243 e. The van der Waals surface area contributed by atoms with Crippen molar-refractivity contribution in [1.82, 2.24) is 15.0 Å². The van der Waals surface area contributed by atoms with Crippen LogP contribution in [0.5, 0.6) is 0 Å². The summed E-state index contributed by atoms with van der Waals surface area (Å²) < 4.78 is 0.934. The van der Waals surface area contributed by atoms with Crippen LogP contribution in [0.3, 0.4) is 0 Å². The molecule has 2 aromatic heterocycles. The molecule has 0 aliphatic rings. The molecule has 0 atom stereocenters. The van der Waals surface area contributed by atoms with Crippen molar-refractivity contribution in [3.8, 4) is 0 Å². The predicted octanol–water partition coefficient (Wildman–Crippen LogP) is 2.08. The quantitative estimate of drug-likeness (QED) is 0.689. The first-order chi connectivity index (χ1) is 7.84. The van der Waals surface area contributed by atoms with E-state index in [0.717, 1.165) is 10.2 Å². The van der Waals surface area contributed by atoms with Crippen molar-refractivity contribution in [3.63, 3.8) is 0 Å². The number of nitrogens with zero attached hydrogens (tertiary/aromatic N) is 4. The summed E-state index contributed by atoms with van der Waals surface area (Å²) in [5.74, 6) is 0.455. The van der Waals surface area contributed by atoms with Gasteiger partial charge in [0.25, 0.3) is 0 Å². The van der Waals surface area contributed by atoms with Gasteiger partial charge in [-0.3, -0.25) is 4.98 Å². The average Bonchev–Trinajstić information content (AvgIpc) is 2.33. The van der Waals surface area contributed by atoms with Gasteiger partial charge >= 0.3 is 0 Å². The Labute approximate surface area is 101 Å². The normalized spacial score (nSPS) is 10.6. The van der Waals surface area contributed by atoms with E-state index in [-0.39, 0.29) is 0 Å². The molecule has 0 amide bonds. The number of hydrogen-bond donors (Lipinski definition) is 1. The van der Waals surface area contributed by atoms with Gasteiger partial charge in [0.1, 0.15) is 0 Å². The first-order valence-corrected chi connectivity index (χ1v) is 5.31. The monoisotopic (exact) mass is 277 g/mol. The maximum atomic E-state index is 4.13. The highest BCUT2D eigenvalue weighted by molar-refractivity contribution is 9.10. The largest absolute Gasteiger partial charge is 0.254 e. The lowest BCUT2D eigenvalue weighted by atomic mass is 10.4. The molecule has 80 valence electrons. The van der Waals surface area contributed by atoms with Gasteiger partial charge in [0.05, 0.1) is 11.9 Å². The molecule has 0 aliphatic heterocycles. The summed E-state index contributed by atoms with van der Waals surface area (Å²) in [6.07, 6.45) is 6.59. The molecule has 0 aromatic carbocycles. The zero-order valence-corrected chi connectivity index (χ0v) is 9.79. The number of rotatable bonds is 3. The first-order valence-electron chi connectivity index (χ1n) is 4.52. The van der Waals surface area contributed by atoms with E-state index in [1.807, 2.05) is 12.1 Å². The van der Waals surface area contributed by atoms with Crippen LogP contribution in [0.25, 0.3) is 0 Å². The number of pyridine rings is 1. The standard InChI is InChI=1S/C10H8BrN5/c11-8-2-3-9(14-6-8)7-15-16-10-12-4-1-5-13-10/h1-7H,(H,12,13,16). The van der Waals surface area contributed by atoms with Gasteiger partial charge in [-0.2, -0.15) is 5.10 Å². The minimum Gasteiger partial charge on any atom is -0.254 e. The molecule has 0 fully saturated rings. The highest BCUT2D eigenvalue weighted by Crippen LogP contribution is 2.06. The van der Waals surface area contributed by atoms with Gasteiger partial charge in [-0.1, -0.05) is 0 Å². The second-order valence-electron chi connectivity index (χ2n) is 2.84. The highest BCUT2D eigenvalue weighted by atomic mass is 79.9. The van der Waals surface area contributed by atoms with E-state index >= 15 is 0 Å². The van der Waals surface area contributed by atoms with Crippen LogP contribution in [0.15, 0.2) is 46.4 Å². The molecule has 5 nitrogen and oxygen atoms in total. The van der Waals surface area contributed by atoms with Crippen molar-refractivity contribution in [2.24, 2.45) is 5.10 Å². The lowest BCUT2D eigenvalue weighted by Gasteiger charge is -1.96. The Bertz CT molecular complexity index is 468. The van der Waals surface area contributed by atoms with Gasteiger partial charge in [0, 0.05) is 23.1 Å². The number of halogens is 1. The molecule has 2 aromatic rings. The van der Waals surface area contributed by atoms with E-state index < -0.39 is 0 Å². The summed E-state index contributed by atoms with van der Waals surface area (Å²) in [6.45, 7) is 0. The van der Waals surface area contributed by atoms with Crippen molar-refractivity contribution < 1.29 is 0 Å². The summed E-state index contributed by atoms with van der Waals surface area (Å²) in [7, 11) is 0. The molecule has 0 saturated carbocycles. The third kappa shape index (κ3) is 3.09. The maximum absolute atomic E-state index is 4.13. The topological polar surface area (TPSA) is 63.1 Å². The fraction of sp³-hybridized carbons (Fsp3) is 0. The Morgan fingerprint density at radius 1 is 1.19 bits per heavy atom. The van der Waals surface area contributed by atoms with Gasteiger partial charge in [-0.05, 0) is 34.1 Å². The van der Waals surface area contributed by atoms with Gasteiger partial charge in [0.15, 0.2) is 0 Å². The second-order valence-corrected chi connectivity index (χ2v) is 3.76. The van der Waals surface area contributed by atoms with E-state index in [0.29, 0.717) is 5.95 Å². The molecule has 0 bridgehead atoms. The molecular formula is C10H8BrN5. The van der Waals surface area contributed by atoms with Crippen LogP contribution in [0, 0.1) is 0 Å². The Morgan fingerprint density at radius 2 is 2.00 bits per heavy atom. The van der Waals surface area contributed by atoms with Gasteiger partial charge in [-0.25, -0.2) is 15.4 Å². The zero-order chi connectivity index (χ0) is 11.2. The molecule has 0 aliphatic carbocycles. The minimum absolute atomic E-state index is 0.455. The Hall–Kier alpha value is -1.82. The van der Waals surface area contributed by atoms with Crippen LogP contribution in [0.2, 0.25) is 0 Å². The van der Waals surface area contributed by atoms with Crippen LogP contribution in [0.4, 0.5) is 5.95 Å². The van der Waals surface area contributed by atoms with E-state index in [1.54, 1.807) is 30.9 Å². The lowest BCUT2D eigenvalue weighted by molar-refractivity contribution is 1.12. The second kappa shape index (κ2) is 5.32. The summed E-state index contributed by atoms with van der Waals surface area (Å²) in [4.78, 5) is 12.1. The van der Waals surface area contributed by atoms with Gasteiger partial charge in [-0.15, -0.1) is 0 Å². The van der Waals surface area contributed by atoms with E-state index in [9.17, 15) is 0 Å². The van der Waals surface area contributed by atoms with Gasteiger partial charge < -0.3 is 0 Å². The Balaban J connectivity index is 1.98. The zero-order valence-electron chi connectivity index (χ0n) is 8.21. The molecule has 0 spiro atoms. The third-order valence-corrected chi connectivity index (χ3v) is 2.15. The van der Waals surface area contributed by atoms with E-state index in [4.69, 9.17) is 0 Å². The highest BCUT2D eigenvalue weighted by Gasteiger charge is 1.91. The molecule has 2 heterocycles. The number of hydrogen-bond acceptors (Lipinski definition) is 5. The first kappa shape index (κ1) is 10.7. The fourth-order valence-corrected chi connectivity index (χ4v) is 1.21. The third-order valence-electron chi connectivity index (χ3n) is 1.68. The van der Waals surface area contributed by atoms with Crippen molar-refractivity contribution >= 4 is 28.1 Å². The molecule has 0 unspecified atom stereocenters. The SMILES string of the molecule is Brc1ccc(C=NNc2ncccn2)nc1. The predicted molar refractivity (Wildman–Crippen MR) is 65.2 cm³/mol. The van der Waals surface area contributed by atoms with Crippen molar-refractivity contribution in [1.29, 1.82) is 0 Å². The molecule has 6 heteroatoms. The van der Waals surface area contributed by atoms with Crippen LogP contribution in [-0.2, 0) is 0 Å². The van der Waals surface area contributed by atoms with Crippen molar-refractivity contribution in [3.05, 3.63) is 47.0 Å². The Morgan fingerprint density at radius 3 is 2.69 bits per heavy atom. The number of hydrazone groups is 1. The lowest BCUT2D eigenvalue weighted by Crippen LogP contribution is -1.96. The summed E-state index contributed by atoms with van der Waals surface area (Å²) in [5, 5.41) is 3.96. The van der Waals surface area contributed by atoms with Crippen LogP contribution in [-0.4, -0.2) is 21.2 Å². The smallest absolute Gasteiger partial charge is 0.243 e. The average molecular weight is 278 g/mol. The van der Waals surface area contributed by atoms with Gasteiger partial charge in [0.2, 0.25) is 5.95 Å². The van der Waals surface area contributed by atoms with Crippen LogP contribution in [0.1, 0.15) is 5.69 Å². The van der Waals surface area contributed by atoms with Crippen molar-refractivity contribution in [2.45, 2.75) is 0 Å². The number of aromatic nitrogens is 3. The summed E-state index contributed by atoms with van der Waals surface area (Å²) in [6, 6.07) is 5.49.